The van der Waals surface area contributed by atoms with E-state index in [0.29, 0.717) is 30.7 Å². The van der Waals surface area contributed by atoms with E-state index in [1.165, 1.54) is 43.3 Å². The quantitative estimate of drug-likeness (QED) is 0.00631. The number of hydrogen-bond donors (Lipinski definition) is 4. The molecule has 22 heteroatoms. The molecule has 0 aliphatic carbocycles. The number of amides is 1. The van der Waals surface area contributed by atoms with Crippen molar-refractivity contribution in [3.05, 3.63) is 88.4 Å². The largest absolute Gasteiger partial charge is 0.469 e. The van der Waals surface area contributed by atoms with Crippen LogP contribution in [-0.2, 0) is 45.0 Å². The third-order valence-electron chi connectivity index (χ3n) is 8.44. The molecule has 3 aromatic rings. The van der Waals surface area contributed by atoms with Crippen LogP contribution in [0.4, 0.5) is 17.1 Å². The van der Waals surface area contributed by atoms with Crippen molar-refractivity contribution in [3.63, 3.8) is 0 Å². The second-order valence-corrected chi connectivity index (χ2v) is 15.8. The number of halogens is 2. The molecule has 3 rings (SSSR count). The van der Waals surface area contributed by atoms with E-state index in [-0.39, 0.29) is 45.4 Å². The lowest BCUT2D eigenvalue weighted by Gasteiger charge is -2.18. The van der Waals surface area contributed by atoms with Gasteiger partial charge in [0.05, 0.1) is 39.0 Å². The molecular formula is C38H50Cl2N10O8S2. The van der Waals surface area contributed by atoms with Crippen LogP contribution in [0.15, 0.2) is 103 Å². The van der Waals surface area contributed by atoms with Crippen molar-refractivity contribution in [2.75, 3.05) is 57.7 Å². The molecule has 1 amide bonds. The Balaban J connectivity index is 1.57. The predicted molar refractivity (Wildman–Crippen MR) is 231 cm³/mol. The minimum Gasteiger partial charge on any atom is -0.469 e. The fourth-order valence-corrected chi connectivity index (χ4v) is 6.84. The standard InChI is InChI=1S/C38H50Cl2N10O8S2/c1-6-49(7-2)20-18-42-57-58-59-31-14-10-29(11-15-31)45-47-36(25-55-26-41)56-24-28-22-34(40)35(23-33(28)39)44-38(52)37(27(5)51)48-46-30-12-16-32(17-13-30)60(53,54)43-19-21-50(8-3)9-4/h10-17,22-23,25-26,37,41-43H,6-9,18-21,24H2,1-5H3,(H,44,52)/b36-25+,41-26?,47-45?,48-46?. The summed E-state index contributed by atoms with van der Waals surface area (Å²) in [6, 6.07) is 13.7. The minimum absolute atomic E-state index is 0.0305. The van der Waals surface area contributed by atoms with Gasteiger partial charge in [-0.25, -0.2) is 13.1 Å². The van der Waals surface area contributed by atoms with E-state index in [4.69, 9.17) is 47.4 Å². The maximum Gasteiger partial charge on any atom is 0.269 e. The van der Waals surface area contributed by atoms with Gasteiger partial charge in [-0.05, 0) is 93.8 Å². The molecule has 4 N–H and O–H groups in total. The van der Waals surface area contributed by atoms with E-state index < -0.39 is 27.8 Å². The number of hydroxylamine groups is 1. The first-order valence-electron chi connectivity index (χ1n) is 18.8. The molecule has 1 atom stereocenters. The van der Waals surface area contributed by atoms with Gasteiger partial charge >= 0.3 is 0 Å². The van der Waals surface area contributed by atoms with Crippen LogP contribution in [0.5, 0.6) is 0 Å². The second-order valence-electron chi connectivity index (χ2n) is 12.4. The molecule has 326 valence electrons. The maximum absolute atomic E-state index is 13.2. The zero-order valence-electron chi connectivity index (χ0n) is 33.9. The molecule has 0 radical (unpaired) electrons. The summed E-state index contributed by atoms with van der Waals surface area (Å²) in [4.78, 5) is 35.7. The first kappa shape index (κ1) is 50.0. The Morgan fingerprint density at radius 3 is 2.12 bits per heavy atom. The van der Waals surface area contributed by atoms with E-state index in [1.54, 1.807) is 24.3 Å². The van der Waals surface area contributed by atoms with Crippen LogP contribution in [0.25, 0.3) is 0 Å². The fourth-order valence-electron chi connectivity index (χ4n) is 4.96. The number of hydrogen-bond acceptors (Lipinski definition) is 17. The monoisotopic (exact) mass is 908 g/mol. The summed E-state index contributed by atoms with van der Waals surface area (Å²) < 4.78 is 43.8. The maximum atomic E-state index is 13.2. The van der Waals surface area contributed by atoms with Crippen molar-refractivity contribution in [3.8, 4) is 0 Å². The Morgan fingerprint density at radius 1 is 0.883 bits per heavy atom. The molecule has 0 aromatic heterocycles. The summed E-state index contributed by atoms with van der Waals surface area (Å²) in [5.74, 6) is -1.53. The van der Waals surface area contributed by atoms with Crippen LogP contribution in [0.3, 0.4) is 0 Å². The summed E-state index contributed by atoms with van der Waals surface area (Å²) in [6.07, 6.45) is 1.75. The first-order valence-corrected chi connectivity index (χ1v) is 21.8. The second kappa shape index (κ2) is 26.8. The number of Topliss-reactive ketones (excluding diaryl/α,β-unsaturated/α-hetero) is 1. The molecule has 60 heavy (non-hydrogen) atoms. The Hall–Kier alpha value is -4.35. The third-order valence-corrected chi connectivity index (χ3v) is 11.2. The highest BCUT2D eigenvalue weighted by atomic mass is 35.5. The summed E-state index contributed by atoms with van der Waals surface area (Å²) in [7, 11) is -3.76. The third kappa shape index (κ3) is 17.3. The summed E-state index contributed by atoms with van der Waals surface area (Å²) in [5.41, 5.74) is 3.94. The first-order chi connectivity index (χ1) is 28.8. The molecule has 0 saturated heterocycles. The summed E-state index contributed by atoms with van der Waals surface area (Å²) >= 11 is 14.0. The Morgan fingerprint density at radius 2 is 1.50 bits per heavy atom. The van der Waals surface area contributed by atoms with Gasteiger partial charge in [0.15, 0.2) is 18.4 Å². The van der Waals surface area contributed by atoms with Crippen molar-refractivity contribution >= 4 is 80.4 Å². The highest BCUT2D eigenvalue weighted by Crippen LogP contribution is 2.31. The molecule has 0 fully saturated rings. The Labute approximate surface area is 364 Å². The average Bonchev–Trinajstić information content (AvgIpc) is 3.24. The van der Waals surface area contributed by atoms with E-state index in [2.05, 4.69) is 59.6 Å². The van der Waals surface area contributed by atoms with Crippen molar-refractivity contribution < 1.29 is 36.8 Å². The van der Waals surface area contributed by atoms with Crippen LogP contribution >= 0.6 is 35.2 Å². The molecule has 0 saturated carbocycles. The van der Waals surface area contributed by atoms with Gasteiger partial charge in [-0.3, -0.25) is 15.0 Å². The number of benzene rings is 3. The lowest BCUT2D eigenvalue weighted by atomic mass is 10.1. The number of rotatable bonds is 28. The van der Waals surface area contributed by atoms with Crippen LogP contribution in [0.1, 0.15) is 40.2 Å². The lowest BCUT2D eigenvalue weighted by molar-refractivity contribution is -0.244. The van der Waals surface area contributed by atoms with Crippen LogP contribution in [0, 0.1) is 5.41 Å². The zero-order valence-corrected chi connectivity index (χ0v) is 37.0. The zero-order chi connectivity index (χ0) is 43.9. The number of ether oxygens (including phenoxy) is 2. The predicted octanol–water partition coefficient (Wildman–Crippen LogP) is 7.82. The lowest BCUT2D eigenvalue weighted by Crippen LogP contribution is -2.34. The molecule has 0 heterocycles. The SMILES string of the molecule is CCN(CC)CCNOOSc1ccc(N=N/C(=C\OC=N)OCc2cc(Cl)c(NC(=O)C(N=Nc3ccc(S(=O)(=O)NCCN(CC)CC)cc3)C(C)=O)cc2Cl)cc1. The molecule has 3 aromatic carbocycles. The molecule has 0 bridgehead atoms. The van der Waals surface area contributed by atoms with Gasteiger partial charge in [0.25, 0.3) is 11.8 Å². The van der Waals surface area contributed by atoms with Gasteiger partial charge in [0.2, 0.25) is 16.1 Å². The van der Waals surface area contributed by atoms with Gasteiger partial charge in [-0.1, -0.05) is 50.9 Å². The molecule has 0 aliphatic heterocycles. The average molecular weight is 910 g/mol. The fraction of sp³-hybridized carbons (Fsp3) is 0.395. The van der Waals surface area contributed by atoms with Gasteiger partial charge < -0.3 is 24.6 Å². The topological polar surface area (TPSA) is 221 Å². The number of nitrogens with one attached hydrogen (secondary N) is 4. The van der Waals surface area contributed by atoms with Crippen LogP contribution in [0.2, 0.25) is 10.0 Å². The number of carbonyl (C=O) groups excluding carboxylic acids is 2. The Bertz CT molecular complexity index is 2040. The van der Waals surface area contributed by atoms with Crippen molar-refractivity contribution in [1.29, 1.82) is 5.41 Å². The van der Waals surface area contributed by atoms with Crippen molar-refractivity contribution in [2.24, 2.45) is 20.5 Å². The molecule has 1 unspecified atom stereocenters. The van der Waals surface area contributed by atoms with E-state index >= 15 is 0 Å². The normalized spacial score (nSPS) is 12.7. The number of carbonyl (C=O) groups is 2. The minimum atomic E-state index is -3.76. The molecule has 0 spiro atoms. The number of ketones is 1. The van der Waals surface area contributed by atoms with Crippen molar-refractivity contribution in [2.45, 2.75) is 57.1 Å². The smallest absolute Gasteiger partial charge is 0.269 e. The summed E-state index contributed by atoms with van der Waals surface area (Å²) in [5, 5.41) is 26.1. The van der Waals surface area contributed by atoms with Gasteiger partial charge in [0.1, 0.15) is 6.61 Å². The molecule has 0 aliphatic rings. The summed E-state index contributed by atoms with van der Waals surface area (Å²) in [6.45, 7) is 15.0. The molecule has 18 nitrogen and oxygen atoms in total. The highest BCUT2D eigenvalue weighted by molar-refractivity contribution is 7.94. The number of likely N-dealkylation sites (N-methyl/N-ethyl adjacent to an activating group) is 2. The Kier molecular flexibility index (Phi) is 22.3. The van der Waals surface area contributed by atoms with E-state index in [1.807, 2.05) is 13.8 Å². The number of nitrogens with zero attached hydrogens (tertiary/aromatic N) is 6. The van der Waals surface area contributed by atoms with Crippen LogP contribution < -0.4 is 15.5 Å². The van der Waals surface area contributed by atoms with Crippen molar-refractivity contribution in [1.82, 2.24) is 20.0 Å². The number of sulfonamides is 1. The molecular weight excluding hydrogens is 860 g/mol. The van der Waals surface area contributed by atoms with Crippen LogP contribution in [-0.4, -0.2) is 94.7 Å². The number of azo groups is 2. The van der Waals surface area contributed by atoms with Gasteiger partial charge in [0, 0.05) is 41.7 Å². The number of anilines is 1. The highest BCUT2D eigenvalue weighted by Gasteiger charge is 2.25. The van der Waals surface area contributed by atoms with Gasteiger partial charge in [-0.15, -0.1) is 19.6 Å². The van der Waals surface area contributed by atoms with Gasteiger partial charge in [-0.2, -0.15) is 15.7 Å². The van der Waals surface area contributed by atoms with E-state index in [9.17, 15) is 18.0 Å². The van der Waals surface area contributed by atoms with E-state index in [0.717, 1.165) is 55.9 Å².